The van der Waals surface area contributed by atoms with Crippen molar-refractivity contribution >= 4 is 17.3 Å². The summed E-state index contributed by atoms with van der Waals surface area (Å²) in [6.07, 6.45) is 3.99. The quantitative estimate of drug-likeness (QED) is 0.753. The van der Waals surface area contributed by atoms with Crippen LogP contribution in [0.3, 0.4) is 0 Å². The van der Waals surface area contributed by atoms with E-state index in [9.17, 15) is 0 Å². The molecule has 2 rings (SSSR count). The van der Waals surface area contributed by atoms with Gasteiger partial charge in [-0.3, -0.25) is 0 Å². The lowest BCUT2D eigenvalue weighted by atomic mass is 10.1. The number of rotatable bonds is 2. The minimum absolute atomic E-state index is 0.482. The SMILES string of the molecule is Cc1ncc(NC2CCNCC2)c(Cl)n1. The second-order valence-corrected chi connectivity index (χ2v) is 4.15. The van der Waals surface area contributed by atoms with Crippen LogP contribution in [-0.2, 0) is 0 Å². The molecule has 0 amide bonds. The number of piperidine rings is 1. The van der Waals surface area contributed by atoms with Crippen molar-refractivity contribution in [3.05, 3.63) is 17.2 Å². The standard InChI is InChI=1S/C10H15ClN4/c1-7-13-6-9(10(11)14-7)15-8-2-4-12-5-3-8/h6,8,12,15H,2-5H2,1H3. The first-order chi connectivity index (χ1) is 7.25. The minimum atomic E-state index is 0.482. The molecular formula is C10H15ClN4. The molecule has 15 heavy (non-hydrogen) atoms. The Morgan fingerprint density at radius 2 is 2.20 bits per heavy atom. The van der Waals surface area contributed by atoms with E-state index in [0.717, 1.165) is 31.6 Å². The summed E-state index contributed by atoms with van der Waals surface area (Å²) in [5.74, 6) is 0.705. The Bertz CT molecular complexity index is 336. The highest BCUT2D eigenvalue weighted by Gasteiger charge is 2.14. The molecule has 82 valence electrons. The zero-order chi connectivity index (χ0) is 10.7. The van der Waals surface area contributed by atoms with E-state index < -0.39 is 0 Å². The van der Waals surface area contributed by atoms with Crippen LogP contribution in [0.1, 0.15) is 18.7 Å². The molecule has 1 aromatic heterocycles. The van der Waals surface area contributed by atoms with Crippen molar-refractivity contribution < 1.29 is 0 Å². The summed E-state index contributed by atoms with van der Waals surface area (Å²) in [6, 6.07) is 0.482. The van der Waals surface area contributed by atoms with Crippen LogP contribution in [-0.4, -0.2) is 29.1 Å². The third kappa shape index (κ3) is 2.79. The molecule has 2 N–H and O–H groups in total. The van der Waals surface area contributed by atoms with E-state index in [-0.39, 0.29) is 0 Å². The first-order valence-corrected chi connectivity index (χ1v) is 5.60. The van der Waals surface area contributed by atoms with Gasteiger partial charge in [0.2, 0.25) is 0 Å². The molecule has 0 aromatic carbocycles. The highest BCUT2D eigenvalue weighted by Crippen LogP contribution is 2.20. The molecular weight excluding hydrogens is 212 g/mol. The highest BCUT2D eigenvalue weighted by molar-refractivity contribution is 6.31. The van der Waals surface area contributed by atoms with Crippen molar-refractivity contribution in [2.75, 3.05) is 18.4 Å². The maximum Gasteiger partial charge on any atom is 0.155 e. The van der Waals surface area contributed by atoms with Gasteiger partial charge in [0, 0.05) is 6.04 Å². The van der Waals surface area contributed by atoms with E-state index in [2.05, 4.69) is 20.6 Å². The molecule has 1 aliphatic rings. The van der Waals surface area contributed by atoms with E-state index >= 15 is 0 Å². The minimum Gasteiger partial charge on any atom is -0.378 e. The Morgan fingerprint density at radius 3 is 2.87 bits per heavy atom. The van der Waals surface area contributed by atoms with Gasteiger partial charge in [-0.1, -0.05) is 11.6 Å². The fraction of sp³-hybridized carbons (Fsp3) is 0.600. The zero-order valence-electron chi connectivity index (χ0n) is 8.76. The van der Waals surface area contributed by atoms with Crippen LogP contribution in [0, 0.1) is 6.92 Å². The molecule has 1 aliphatic heterocycles. The van der Waals surface area contributed by atoms with Crippen LogP contribution in [0.5, 0.6) is 0 Å². The van der Waals surface area contributed by atoms with Gasteiger partial charge in [0.15, 0.2) is 5.15 Å². The van der Waals surface area contributed by atoms with Crippen LogP contribution in [0.2, 0.25) is 5.15 Å². The van der Waals surface area contributed by atoms with Crippen molar-refractivity contribution in [2.45, 2.75) is 25.8 Å². The molecule has 5 heteroatoms. The van der Waals surface area contributed by atoms with Crippen LogP contribution < -0.4 is 10.6 Å². The molecule has 1 saturated heterocycles. The number of nitrogens with zero attached hydrogens (tertiary/aromatic N) is 2. The Morgan fingerprint density at radius 1 is 1.47 bits per heavy atom. The summed E-state index contributed by atoms with van der Waals surface area (Å²) >= 11 is 6.02. The van der Waals surface area contributed by atoms with Gasteiger partial charge in [-0.2, -0.15) is 0 Å². The summed E-state index contributed by atoms with van der Waals surface area (Å²) < 4.78 is 0. The van der Waals surface area contributed by atoms with Gasteiger partial charge in [0.25, 0.3) is 0 Å². The number of nitrogens with one attached hydrogen (secondary N) is 2. The molecule has 2 heterocycles. The molecule has 0 saturated carbocycles. The average Bonchev–Trinajstić information content (AvgIpc) is 2.24. The van der Waals surface area contributed by atoms with Crippen molar-refractivity contribution in [2.24, 2.45) is 0 Å². The first-order valence-electron chi connectivity index (χ1n) is 5.22. The van der Waals surface area contributed by atoms with Gasteiger partial charge in [0.05, 0.1) is 11.9 Å². The Labute approximate surface area is 94.5 Å². The average molecular weight is 227 g/mol. The van der Waals surface area contributed by atoms with Gasteiger partial charge >= 0.3 is 0 Å². The zero-order valence-corrected chi connectivity index (χ0v) is 9.51. The number of hydrogen-bond acceptors (Lipinski definition) is 4. The van der Waals surface area contributed by atoms with E-state index in [1.165, 1.54) is 0 Å². The molecule has 0 bridgehead atoms. The van der Waals surface area contributed by atoms with E-state index in [1.54, 1.807) is 6.20 Å². The number of anilines is 1. The fourth-order valence-electron chi connectivity index (χ4n) is 1.73. The van der Waals surface area contributed by atoms with Gasteiger partial charge in [-0.15, -0.1) is 0 Å². The summed E-state index contributed by atoms with van der Waals surface area (Å²) in [7, 11) is 0. The monoisotopic (exact) mass is 226 g/mol. The number of aromatic nitrogens is 2. The van der Waals surface area contributed by atoms with Gasteiger partial charge in [-0.25, -0.2) is 9.97 Å². The largest absolute Gasteiger partial charge is 0.378 e. The van der Waals surface area contributed by atoms with Crippen molar-refractivity contribution in [1.82, 2.24) is 15.3 Å². The third-order valence-electron chi connectivity index (χ3n) is 2.56. The van der Waals surface area contributed by atoms with Gasteiger partial charge in [0.1, 0.15) is 5.82 Å². The maximum atomic E-state index is 6.02. The predicted molar refractivity (Wildman–Crippen MR) is 61.3 cm³/mol. The molecule has 0 atom stereocenters. The maximum absolute atomic E-state index is 6.02. The lowest BCUT2D eigenvalue weighted by molar-refractivity contribution is 0.479. The molecule has 4 nitrogen and oxygen atoms in total. The van der Waals surface area contributed by atoms with E-state index in [1.807, 2.05) is 6.92 Å². The predicted octanol–water partition coefficient (Wildman–Crippen LogP) is 1.60. The first kappa shape index (κ1) is 10.6. The van der Waals surface area contributed by atoms with Crippen molar-refractivity contribution in [3.8, 4) is 0 Å². The van der Waals surface area contributed by atoms with Crippen LogP contribution in [0.25, 0.3) is 0 Å². The lowest BCUT2D eigenvalue weighted by Gasteiger charge is -2.24. The Hall–Kier alpha value is -0.870. The van der Waals surface area contributed by atoms with E-state index in [0.29, 0.717) is 17.0 Å². The van der Waals surface area contributed by atoms with Gasteiger partial charge < -0.3 is 10.6 Å². The molecule has 1 aromatic rings. The van der Waals surface area contributed by atoms with Gasteiger partial charge in [-0.05, 0) is 32.9 Å². The van der Waals surface area contributed by atoms with E-state index in [4.69, 9.17) is 11.6 Å². The van der Waals surface area contributed by atoms with Crippen LogP contribution in [0.15, 0.2) is 6.20 Å². The molecule has 0 radical (unpaired) electrons. The molecule has 0 aliphatic carbocycles. The summed E-state index contributed by atoms with van der Waals surface area (Å²) in [5.41, 5.74) is 0.842. The Balaban J connectivity index is 2.03. The highest BCUT2D eigenvalue weighted by atomic mass is 35.5. The second kappa shape index (κ2) is 4.77. The number of hydrogen-bond donors (Lipinski definition) is 2. The topological polar surface area (TPSA) is 49.8 Å². The summed E-state index contributed by atoms with van der Waals surface area (Å²) in [4.78, 5) is 8.25. The molecule has 0 spiro atoms. The van der Waals surface area contributed by atoms with Crippen molar-refractivity contribution in [3.63, 3.8) is 0 Å². The lowest BCUT2D eigenvalue weighted by Crippen LogP contribution is -2.35. The van der Waals surface area contributed by atoms with Crippen LogP contribution in [0.4, 0.5) is 5.69 Å². The number of aryl methyl sites for hydroxylation is 1. The number of halogens is 1. The summed E-state index contributed by atoms with van der Waals surface area (Å²) in [5, 5.41) is 7.21. The third-order valence-corrected chi connectivity index (χ3v) is 2.85. The second-order valence-electron chi connectivity index (χ2n) is 3.79. The van der Waals surface area contributed by atoms with Crippen molar-refractivity contribution in [1.29, 1.82) is 0 Å². The molecule has 0 unspecified atom stereocenters. The fourth-order valence-corrected chi connectivity index (χ4v) is 1.95. The normalized spacial score (nSPS) is 17.7. The Kier molecular flexibility index (Phi) is 3.38. The smallest absolute Gasteiger partial charge is 0.155 e. The summed E-state index contributed by atoms with van der Waals surface area (Å²) in [6.45, 7) is 3.95. The van der Waals surface area contributed by atoms with Crippen LogP contribution >= 0.6 is 11.6 Å². The molecule has 1 fully saturated rings.